The smallest absolute Gasteiger partial charge is 0.324 e. The number of ether oxygens (including phenoxy) is 2. The van der Waals surface area contributed by atoms with Crippen LogP contribution in [-0.4, -0.2) is 52.0 Å². The van der Waals surface area contributed by atoms with E-state index in [4.69, 9.17) is 9.47 Å². The second-order valence-corrected chi connectivity index (χ2v) is 7.86. The first-order valence-corrected chi connectivity index (χ1v) is 10.3. The van der Waals surface area contributed by atoms with Gasteiger partial charge in [-0.15, -0.1) is 4.98 Å². The van der Waals surface area contributed by atoms with Crippen molar-refractivity contribution in [1.29, 1.82) is 0 Å². The zero-order valence-corrected chi connectivity index (χ0v) is 15.5. The monoisotopic (exact) mass is 362 g/mol. The van der Waals surface area contributed by atoms with Gasteiger partial charge in [0.1, 0.15) is 12.2 Å². The number of piperidine rings is 1. The fourth-order valence-corrected chi connectivity index (χ4v) is 4.20. The minimum absolute atomic E-state index is 0.213. The third kappa shape index (κ3) is 4.37. The van der Waals surface area contributed by atoms with Gasteiger partial charge in [-0.3, -0.25) is 0 Å². The van der Waals surface area contributed by atoms with E-state index in [9.17, 15) is 5.11 Å². The van der Waals surface area contributed by atoms with Crippen LogP contribution in [0, 0.1) is 5.92 Å². The molecule has 4 rings (SSSR count). The van der Waals surface area contributed by atoms with Gasteiger partial charge in [-0.05, 0) is 70.1 Å². The molecule has 3 aliphatic rings. The summed E-state index contributed by atoms with van der Waals surface area (Å²) in [6, 6.07) is 0.804. The minimum Gasteiger partial charge on any atom is -0.460 e. The van der Waals surface area contributed by atoms with Crippen LogP contribution in [0.15, 0.2) is 0 Å². The van der Waals surface area contributed by atoms with Crippen molar-refractivity contribution in [2.24, 2.45) is 5.92 Å². The second-order valence-electron chi connectivity index (χ2n) is 7.86. The van der Waals surface area contributed by atoms with Crippen molar-refractivity contribution in [3.8, 4) is 12.0 Å². The largest absolute Gasteiger partial charge is 0.460 e. The van der Waals surface area contributed by atoms with Crippen molar-refractivity contribution < 1.29 is 14.6 Å². The molecule has 1 saturated heterocycles. The minimum atomic E-state index is 0.213. The Morgan fingerprint density at radius 1 is 0.769 bits per heavy atom. The number of nitrogens with zero attached hydrogens (tertiary/aromatic N) is 4. The Bertz CT molecular complexity index is 544. The number of anilines is 1. The van der Waals surface area contributed by atoms with Crippen LogP contribution in [0.4, 0.5) is 5.95 Å². The van der Waals surface area contributed by atoms with E-state index in [1.807, 2.05) is 0 Å². The number of rotatable bonds is 6. The summed E-state index contributed by atoms with van der Waals surface area (Å²) in [4.78, 5) is 15.8. The number of aliphatic hydroxyl groups excluding tert-OH is 1. The first-order chi connectivity index (χ1) is 12.8. The first-order valence-electron chi connectivity index (χ1n) is 10.3. The lowest BCUT2D eigenvalue weighted by atomic mass is 9.98. The standard InChI is InChI=1S/C19H30N4O3/c24-13-14-9-11-23(12-10-14)17-20-18(25-15-5-1-2-6-15)22-19(21-17)26-16-7-3-4-8-16/h14-16,24H,1-13H2. The number of hydrogen-bond donors (Lipinski definition) is 1. The number of aromatic nitrogens is 3. The lowest BCUT2D eigenvalue weighted by Crippen LogP contribution is -2.36. The highest BCUT2D eigenvalue weighted by Crippen LogP contribution is 2.28. The SMILES string of the molecule is OCC1CCN(c2nc(OC3CCCC3)nc(OC3CCCC3)n2)CC1. The highest BCUT2D eigenvalue weighted by Gasteiger charge is 2.25. The molecule has 0 bridgehead atoms. The third-order valence-electron chi connectivity index (χ3n) is 5.89. The van der Waals surface area contributed by atoms with Crippen LogP contribution in [0.5, 0.6) is 12.0 Å². The van der Waals surface area contributed by atoms with E-state index >= 15 is 0 Å². The normalized spacial score (nSPS) is 22.9. The summed E-state index contributed by atoms with van der Waals surface area (Å²) in [6.07, 6.45) is 11.5. The molecule has 1 aromatic heterocycles. The van der Waals surface area contributed by atoms with Gasteiger partial charge in [0.05, 0.1) is 0 Å². The van der Waals surface area contributed by atoms with Crippen molar-refractivity contribution in [2.45, 2.75) is 76.4 Å². The molecule has 0 spiro atoms. The molecule has 26 heavy (non-hydrogen) atoms. The first kappa shape index (κ1) is 17.8. The van der Waals surface area contributed by atoms with E-state index in [2.05, 4.69) is 19.9 Å². The van der Waals surface area contributed by atoms with Crippen LogP contribution >= 0.6 is 0 Å². The summed E-state index contributed by atoms with van der Waals surface area (Å²) in [6.45, 7) is 1.96. The van der Waals surface area contributed by atoms with Crippen LogP contribution < -0.4 is 14.4 Å². The van der Waals surface area contributed by atoms with E-state index in [1.165, 1.54) is 25.7 Å². The lowest BCUT2D eigenvalue weighted by Gasteiger charge is -2.31. The molecule has 3 fully saturated rings. The zero-order chi connectivity index (χ0) is 17.8. The fraction of sp³-hybridized carbons (Fsp3) is 0.842. The maximum absolute atomic E-state index is 9.35. The summed E-state index contributed by atoms with van der Waals surface area (Å²) >= 11 is 0. The highest BCUT2D eigenvalue weighted by atomic mass is 16.5. The fourth-order valence-electron chi connectivity index (χ4n) is 4.20. The summed E-state index contributed by atoms with van der Waals surface area (Å²) in [5.74, 6) is 1.04. The van der Waals surface area contributed by atoms with Crippen molar-refractivity contribution in [3.63, 3.8) is 0 Å². The molecule has 1 N–H and O–H groups in total. The Morgan fingerprint density at radius 2 is 1.27 bits per heavy atom. The highest BCUT2D eigenvalue weighted by molar-refractivity contribution is 5.33. The summed E-state index contributed by atoms with van der Waals surface area (Å²) in [5.41, 5.74) is 0. The Labute approximate surface area is 155 Å². The van der Waals surface area contributed by atoms with Crippen molar-refractivity contribution in [3.05, 3.63) is 0 Å². The van der Waals surface area contributed by atoms with Gasteiger partial charge >= 0.3 is 12.0 Å². The average Bonchev–Trinajstić information content (AvgIpc) is 3.36. The van der Waals surface area contributed by atoms with Crippen LogP contribution in [0.2, 0.25) is 0 Å². The van der Waals surface area contributed by atoms with Crippen LogP contribution in [0.3, 0.4) is 0 Å². The Balaban J connectivity index is 1.50. The van der Waals surface area contributed by atoms with Gasteiger partial charge in [0.25, 0.3) is 0 Å². The van der Waals surface area contributed by atoms with Gasteiger partial charge in [0.2, 0.25) is 5.95 Å². The quantitative estimate of drug-likeness (QED) is 0.833. The van der Waals surface area contributed by atoms with E-state index in [0.717, 1.165) is 51.6 Å². The van der Waals surface area contributed by atoms with Gasteiger partial charge in [0.15, 0.2) is 0 Å². The predicted octanol–water partition coefficient (Wildman–Crippen LogP) is 2.72. The van der Waals surface area contributed by atoms with Gasteiger partial charge in [-0.25, -0.2) is 0 Å². The Hall–Kier alpha value is -1.63. The second kappa shape index (κ2) is 8.37. The van der Waals surface area contributed by atoms with Crippen LogP contribution in [-0.2, 0) is 0 Å². The summed E-state index contributed by atoms with van der Waals surface area (Å²) in [5, 5.41) is 9.35. The van der Waals surface area contributed by atoms with E-state index in [-0.39, 0.29) is 18.8 Å². The number of hydrogen-bond acceptors (Lipinski definition) is 7. The molecule has 144 valence electrons. The molecule has 1 aromatic rings. The molecule has 7 heteroatoms. The molecule has 2 aliphatic carbocycles. The Kier molecular flexibility index (Phi) is 5.72. The molecular weight excluding hydrogens is 332 g/mol. The van der Waals surface area contributed by atoms with Gasteiger partial charge in [-0.1, -0.05) is 0 Å². The molecule has 2 heterocycles. The molecular formula is C19H30N4O3. The molecule has 0 aromatic carbocycles. The van der Waals surface area contributed by atoms with E-state index < -0.39 is 0 Å². The lowest BCUT2D eigenvalue weighted by molar-refractivity contribution is 0.168. The molecule has 0 amide bonds. The van der Waals surface area contributed by atoms with Gasteiger partial charge < -0.3 is 19.5 Å². The maximum atomic E-state index is 9.35. The molecule has 2 saturated carbocycles. The molecule has 1 aliphatic heterocycles. The Morgan fingerprint density at radius 3 is 1.73 bits per heavy atom. The predicted molar refractivity (Wildman–Crippen MR) is 97.6 cm³/mol. The third-order valence-corrected chi connectivity index (χ3v) is 5.89. The topological polar surface area (TPSA) is 80.6 Å². The van der Waals surface area contributed by atoms with Crippen molar-refractivity contribution in [2.75, 3.05) is 24.6 Å². The molecule has 7 nitrogen and oxygen atoms in total. The number of aliphatic hydroxyl groups is 1. The van der Waals surface area contributed by atoms with Gasteiger partial charge in [-0.2, -0.15) is 9.97 Å². The average molecular weight is 362 g/mol. The summed E-state index contributed by atoms with van der Waals surface area (Å²) < 4.78 is 12.1. The molecule has 0 atom stereocenters. The summed E-state index contributed by atoms with van der Waals surface area (Å²) in [7, 11) is 0. The maximum Gasteiger partial charge on any atom is 0.324 e. The molecule has 0 radical (unpaired) electrons. The van der Waals surface area contributed by atoms with Crippen molar-refractivity contribution in [1.82, 2.24) is 15.0 Å². The van der Waals surface area contributed by atoms with Crippen LogP contribution in [0.25, 0.3) is 0 Å². The van der Waals surface area contributed by atoms with Crippen LogP contribution in [0.1, 0.15) is 64.2 Å². The van der Waals surface area contributed by atoms with E-state index in [1.54, 1.807) is 0 Å². The van der Waals surface area contributed by atoms with Gasteiger partial charge in [0, 0.05) is 19.7 Å². The van der Waals surface area contributed by atoms with E-state index in [0.29, 0.717) is 23.9 Å². The van der Waals surface area contributed by atoms with Crippen molar-refractivity contribution >= 4 is 5.95 Å². The molecule has 0 unspecified atom stereocenters. The zero-order valence-electron chi connectivity index (χ0n) is 15.5.